The second-order valence-electron chi connectivity index (χ2n) is 9.01. The number of hydrogen-bond acceptors (Lipinski definition) is 1. The average molecular weight is 474 g/mol. The molecule has 0 aliphatic rings. The molecule has 176 valence electrons. The number of anilines is 3. The Morgan fingerprint density at radius 1 is 0.270 bits per heavy atom. The second kappa shape index (κ2) is 10.4. The van der Waals surface area contributed by atoms with Crippen LogP contribution in [0, 0.1) is 0 Å². The first-order valence-electron chi connectivity index (χ1n) is 12.6. The van der Waals surface area contributed by atoms with Crippen molar-refractivity contribution in [1.29, 1.82) is 0 Å². The molecule has 0 unspecified atom stereocenters. The van der Waals surface area contributed by atoms with E-state index in [1.54, 1.807) is 0 Å². The summed E-state index contributed by atoms with van der Waals surface area (Å²) in [6, 6.07) is 57.9. The zero-order valence-electron chi connectivity index (χ0n) is 20.5. The fraction of sp³-hybridized carbons (Fsp3) is 0. The van der Waals surface area contributed by atoms with Gasteiger partial charge in [0, 0.05) is 17.1 Å². The Hall–Kier alpha value is -4.88. The van der Waals surface area contributed by atoms with E-state index in [-0.39, 0.29) is 0 Å². The Morgan fingerprint density at radius 3 is 1.14 bits per heavy atom. The van der Waals surface area contributed by atoms with Gasteiger partial charge in [-0.15, -0.1) is 0 Å². The maximum Gasteiger partial charge on any atom is 0.0462 e. The molecule has 0 amide bonds. The fourth-order valence-electron chi connectivity index (χ4n) is 4.96. The van der Waals surface area contributed by atoms with E-state index >= 15 is 0 Å². The molecule has 6 aromatic carbocycles. The first-order chi connectivity index (χ1) is 18.4. The minimum Gasteiger partial charge on any atom is -0.311 e. The molecule has 0 atom stereocenters. The molecule has 0 radical (unpaired) electrons. The molecule has 0 bridgehead atoms. The number of hydrogen-bond donors (Lipinski definition) is 0. The highest BCUT2D eigenvalue weighted by atomic mass is 15.1. The first-order valence-corrected chi connectivity index (χ1v) is 12.6. The van der Waals surface area contributed by atoms with Crippen molar-refractivity contribution >= 4 is 17.1 Å². The molecule has 1 nitrogen and oxygen atoms in total. The van der Waals surface area contributed by atoms with Crippen molar-refractivity contribution in [3.63, 3.8) is 0 Å². The summed E-state index contributed by atoms with van der Waals surface area (Å²) in [7, 11) is 0. The van der Waals surface area contributed by atoms with Crippen molar-refractivity contribution in [2.45, 2.75) is 0 Å². The first kappa shape index (κ1) is 22.6. The van der Waals surface area contributed by atoms with Gasteiger partial charge in [-0.3, -0.25) is 0 Å². The molecule has 0 aromatic heterocycles. The Bertz CT molecular complexity index is 1530. The third kappa shape index (κ3) is 4.68. The highest BCUT2D eigenvalue weighted by Gasteiger charge is 2.15. The summed E-state index contributed by atoms with van der Waals surface area (Å²) in [5.74, 6) is 0. The van der Waals surface area contributed by atoms with Gasteiger partial charge < -0.3 is 4.90 Å². The zero-order valence-corrected chi connectivity index (χ0v) is 20.5. The van der Waals surface area contributed by atoms with Crippen LogP contribution >= 0.6 is 0 Å². The Morgan fingerprint density at radius 2 is 0.649 bits per heavy atom. The van der Waals surface area contributed by atoms with Crippen LogP contribution in [0.2, 0.25) is 0 Å². The number of benzene rings is 6. The van der Waals surface area contributed by atoms with Gasteiger partial charge in [0.1, 0.15) is 0 Å². The van der Waals surface area contributed by atoms with Gasteiger partial charge in [-0.1, -0.05) is 127 Å². The quantitative estimate of drug-likeness (QED) is 0.233. The predicted octanol–water partition coefficient (Wildman–Crippen LogP) is 10.2. The van der Waals surface area contributed by atoms with Crippen LogP contribution in [0.4, 0.5) is 17.1 Å². The molecule has 0 aliphatic carbocycles. The van der Waals surface area contributed by atoms with Gasteiger partial charge in [0.25, 0.3) is 0 Å². The predicted molar refractivity (Wildman–Crippen MR) is 157 cm³/mol. The Labute approximate surface area is 218 Å². The summed E-state index contributed by atoms with van der Waals surface area (Å²) in [4.78, 5) is 2.29. The van der Waals surface area contributed by atoms with Gasteiger partial charge in [-0.25, -0.2) is 0 Å². The molecule has 0 spiro atoms. The molecule has 6 rings (SSSR count). The van der Waals surface area contributed by atoms with E-state index in [1.165, 1.54) is 33.4 Å². The second-order valence-corrected chi connectivity index (χ2v) is 9.01. The van der Waals surface area contributed by atoms with E-state index in [4.69, 9.17) is 0 Å². The van der Waals surface area contributed by atoms with Crippen LogP contribution in [-0.4, -0.2) is 0 Å². The average Bonchev–Trinajstić information content (AvgIpc) is 2.99. The van der Waals surface area contributed by atoms with E-state index in [0.29, 0.717) is 0 Å². The van der Waals surface area contributed by atoms with E-state index in [1.807, 2.05) is 0 Å². The van der Waals surface area contributed by atoms with Crippen molar-refractivity contribution in [3.8, 4) is 33.4 Å². The highest BCUT2D eigenvalue weighted by Crippen LogP contribution is 2.41. The summed E-state index contributed by atoms with van der Waals surface area (Å²) < 4.78 is 0. The topological polar surface area (TPSA) is 3.24 Å². The van der Waals surface area contributed by atoms with Gasteiger partial charge in [-0.2, -0.15) is 0 Å². The number of rotatable bonds is 6. The van der Waals surface area contributed by atoms with E-state index in [2.05, 4.69) is 169 Å². The maximum atomic E-state index is 2.29. The normalized spacial score (nSPS) is 10.7. The molecule has 0 saturated heterocycles. The van der Waals surface area contributed by atoms with Gasteiger partial charge in [0.2, 0.25) is 0 Å². The van der Waals surface area contributed by atoms with Crippen LogP contribution in [0.1, 0.15) is 0 Å². The van der Waals surface area contributed by atoms with Gasteiger partial charge in [0.05, 0.1) is 0 Å². The lowest BCUT2D eigenvalue weighted by molar-refractivity contribution is 1.28. The molecule has 6 aromatic rings. The summed E-state index contributed by atoms with van der Waals surface area (Å²) in [5, 5.41) is 0. The molecular formula is C36H27N. The van der Waals surface area contributed by atoms with Gasteiger partial charge in [-0.05, 0) is 69.8 Å². The molecule has 0 aliphatic heterocycles. The minimum absolute atomic E-state index is 1.13. The van der Waals surface area contributed by atoms with Crippen LogP contribution in [0.25, 0.3) is 33.4 Å². The van der Waals surface area contributed by atoms with E-state index < -0.39 is 0 Å². The van der Waals surface area contributed by atoms with Crippen molar-refractivity contribution < 1.29 is 0 Å². The molecule has 0 heterocycles. The zero-order chi connectivity index (χ0) is 24.9. The van der Waals surface area contributed by atoms with Gasteiger partial charge >= 0.3 is 0 Å². The lowest BCUT2D eigenvalue weighted by Crippen LogP contribution is -2.09. The Balaban J connectivity index is 1.47. The van der Waals surface area contributed by atoms with Crippen LogP contribution in [-0.2, 0) is 0 Å². The summed E-state index contributed by atoms with van der Waals surface area (Å²) in [6.45, 7) is 0. The lowest BCUT2D eigenvalue weighted by atomic mass is 9.87. The fourth-order valence-corrected chi connectivity index (χ4v) is 4.96. The number of nitrogens with zero attached hydrogens (tertiary/aromatic N) is 1. The van der Waals surface area contributed by atoms with Crippen molar-refractivity contribution in [3.05, 3.63) is 164 Å². The van der Waals surface area contributed by atoms with Crippen molar-refractivity contribution in [1.82, 2.24) is 0 Å². The largest absolute Gasteiger partial charge is 0.311 e. The van der Waals surface area contributed by atoms with Crippen LogP contribution in [0.5, 0.6) is 0 Å². The van der Waals surface area contributed by atoms with E-state index in [9.17, 15) is 0 Å². The monoisotopic (exact) mass is 473 g/mol. The summed E-state index contributed by atoms with van der Waals surface area (Å²) in [5.41, 5.74) is 10.8. The van der Waals surface area contributed by atoms with Crippen molar-refractivity contribution in [2.24, 2.45) is 0 Å². The molecular weight excluding hydrogens is 446 g/mol. The van der Waals surface area contributed by atoms with Crippen LogP contribution in [0.15, 0.2) is 164 Å². The Kier molecular flexibility index (Phi) is 6.34. The summed E-state index contributed by atoms with van der Waals surface area (Å²) in [6.07, 6.45) is 0. The third-order valence-electron chi connectivity index (χ3n) is 6.68. The van der Waals surface area contributed by atoms with Crippen molar-refractivity contribution in [2.75, 3.05) is 4.90 Å². The third-order valence-corrected chi connectivity index (χ3v) is 6.68. The standard InChI is InChI=1S/C36H27N/c1-5-14-28(15-6-1)34-22-13-23-35(36(34)30-16-7-2-8-17-30)29-24-26-33(27-25-29)37(31-18-9-3-10-19-31)32-20-11-4-12-21-32/h1-27H. The lowest BCUT2D eigenvalue weighted by Gasteiger charge is -2.25. The maximum absolute atomic E-state index is 2.29. The SMILES string of the molecule is c1ccc(-c2cccc(-c3ccc(N(c4ccccc4)c4ccccc4)cc3)c2-c2ccccc2)cc1. The molecule has 1 heteroatoms. The highest BCUT2D eigenvalue weighted by molar-refractivity contribution is 5.94. The van der Waals surface area contributed by atoms with Crippen LogP contribution in [0.3, 0.4) is 0 Å². The minimum atomic E-state index is 1.13. The molecule has 0 saturated carbocycles. The molecule has 0 fully saturated rings. The molecule has 0 N–H and O–H groups in total. The van der Waals surface area contributed by atoms with E-state index in [0.717, 1.165) is 17.1 Å². The molecule has 37 heavy (non-hydrogen) atoms. The smallest absolute Gasteiger partial charge is 0.0462 e. The summed E-state index contributed by atoms with van der Waals surface area (Å²) >= 11 is 0. The number of para-hydroxylation sites is 2. The van der Waals surface area contributed by atoms with Gasteiger partial charge in [0.15, 0.2) is 0 Å². The van der Waals surface area contributed by atoms with Crippen LogP contribution < -0.4 is 4.90 Å².